The van der Waals surface area contributed by atoms with Crippen LogP contribution in [0.4, 0.5) is 5.13 Å². The summed E-state index contributed by atoms with van der Waals surface area (Å²) in [6, 6.07) is 12.5. The first-order valence-corrected chi connectivity index (χ1v) is 11.4. The van der Waals surface area contributed by atoms with Gasteiger partial charge in [0.15, 0.2) is 10.3 Å². The average molecular weight is 463 g/mol. The number of thiazole rings is 1. The number of rotatable bonds is 6. The van der Waals surface area contributed by atoms with Crippen LogP contribution in [0.2, 0.25) is 10.0 Å². The summed E-state index contributed by atoms with van der Waals surface area (Å²) in [5, 5.41) is 8.17. The van der Waals surface area contributed by atoms with E-state index in [2.05, 4.69) is 10.3 Å². The highest BCUT2D eigenvalue weighted by molar-refractivity contribution is 7.99. The Morgan fingerprint density at radius 1 is 1.14 bits per heavy atom. The first kappa shape index (κ1) is 20.2. The molecule has 0 saturated carbocycles. The second kappa shape index (κ2) is 8.75. The molecule has 5 nitrogen and oxygen atoms in total. The molecule has 0 radical (unpaired) electrons. The van der Waals surface area contributed by atoms with Crippen LogP contribution in [0.25, 0.3) is 16.6 Å². The van der Waals surface area contributed by atoms with E-state index in [0.29, 0.717) is 44.1 Å². The van der Waals surface area contributed by atoms with Crippen LogP contribution < -0.4 is 10.9 Å². The number of halogens is 2. The highest BCUT2D eigenvalue weighted by Gasteiger charge is 2.14. The van der Waals surface area contributed by atoms with E-state index < -0.39 is 0 Å². The van der Waals surface area contributed by atoms with Gasteiger partial charge in [-0.2, -0.15) is 0 Å². The van der Waals surface area contributed by atoms with Gasteiger partial charge in [-0.3, -0.25) is 9.36 Å². The smallest absolute Gasteiger partial charge is 0.266 e. The van der Waals surface area contributed by atoms with Gasteiger partial charge in [0.1, 0.15) is 0 Å². The molecule has 29 heavy (non-hydrogen) atoms. The third kappa shape index (κ3) is 4.43. The molecule has 1 N–H and O–H groups in total. The number of hydrogen-bond acceptors (Lipinski definition) is 6. The number of nitrogens with one attached hydrogen (secondary N) is 1. The van der Waals surface area contributed by atoms with Crippen molar-refractivity contribution < 1.29 is 0 Å². The fourth-order valence-corrected chi connectivity index (χ4v) is 4.67. The van der Waals surface area contributed by atoms with Crippen LogP contribution in [0.15, 0.2) is 57.8 Å². The van der Waals surface area contributed by atoms with Crippen molar-refractivity contribution in [3.8, 4) is 5.69 Å². The molecule has 0 atom stereocenters. The lowest BCUT2D eigenvalue weighted by atomic mass is 10.2. The molecule has 148 valence electrons. The molecule has 0 aliphatic heterocycles. The maximum atomic E-state index is 13.2. The van der Waals surface area contributed by atoms with Gasteiger partial charge in [0.2, 0.25) is 0 Å². The van der Waals surface area contributed by atoms with E-state index in [-0.39, 0.29) is 5.56 Å². The minimum Gasteiger partial charge on any atom is -0.361 e. The van der Waals surface area contributed by atoms with Crippen LogP contribution in [-0.2, 0) is 0 Å². The van der Waals surface area contributed by atoms with E-state index in [9.17, 15) is 4.79 Å². The Labute approximate surface area is 185 Å². The largest absolute Gasteiger partial charge is 0.361 e. The number of benzene rings is 2. The Kier molecular flexibility index (Phi) is 6.10. The van der Waals surface area contributed by atoms with E-state index in [1.165, 1.54) is 11.8 Å². The zero-order valence-electron chi connectivity index (χ0n) is 15.4. The van der Waals surface area contributed by atoms with Crippen molar-refractivity contribution in [3.05, 3.63) is 73.9 Å². The van der Waals surface area contributed by atoms with Gasteiger partial charge in [-0.25, -0.2) is 9.97 Å². The molecule has 2 heterocycles. The number of para-hydroxylation sites is 1. The van der Waals surface area contributed by atoms with E-state index in [1.807, 2.05) is 30.5 Å². The second-order valence-corrected chi connectivity index (χ2v) is 8.95. The topological polar surface area (TPSA) is 59.8 Å². The van der Waals surface area contributed by atoms with Crippen LogP contribution in [-0.4, -0.2) is 26.8 Å². The zero-order valence-corrected chi connectivity index (χ0v) is 18.5. The van der Waals surface area contributed by atoms with E-state index in [1.54, 1.807) is 40.2 Å². The molecule has 0 unspecified atom stereocenters. The zero-order chi connectivity index (χ0) is 20.4. The average Bonchev–Trinajstić information content (AvgIpc) is 3.13. The molecular formula is C20H16Cl2N4OS2. The third-order valence-corrected chi connectivity index (χ3v) is 6.73. The number of aryl methyl sites for hydroxylation is 1. The predicted molar refractivity (Wildman–Crippen MR) is 123 cm³/mol. The Balaban J connectivity index is 1.67. The van der Waals surface area contributed by atoms with Gasteiger partial charge in [0.05, 0.1) is 32.3 Å². The van der Waals surface area contributed by atoms with E-state index in [0.717, 1.165) is 10.8 Å². The van der Waals surface area contributed by atoms with Crippen molar-refractivity contribution in [2.24, 2.45) is 0 Å². The molecule has 0 amide bonds. The first-order valence-electron chi connectivity index (χ1n) is 8.79. The first-order chi connectivity index (χ1) is 14.0. The lowest BCUT2D eigenvalue weighted by Crippen LogP contribution is -2.22. The number of anilines is 1. The van der Waals surface area contributed by atoms with Crippen molar-refractivity contribution in [2.45, 2.75) is 12.1 Å². The summed E-state index contributed by atoms with van der Waals surface area (Å²) in [6.45, 7) is 2.66. The fraction of sp³-hybridized carbons (Fsp3) is 0.150. The van der Waals surface area contributed by atoms with Gasteiger partial charge in [-0.1, -0.05) is 47.1 Å². The Morgan fingerprint density at radius 3 is 2.72 bits per heavy atom. The summed E-state index contributed by atoms with van der Waals surface area (Å²) in [7, 11) is 0. The maximum absolute atomic E-state index is 13.2. The Hall–Kier alpha value is -2.06. The summed E-state index contributed by atoms with van der Waals surface area (Å²) in [4.78, 5) is 22.3. The molecule has 2 aromatic carbocycles. The second-order valence-electron chi connectivity index (χ2n) is 6.22. The molecule has 0 fully saturated rings. The fourth-order valence-electron chi connectivity index (χ4n) is 2.80. The van der Waals surface area contributed by atoms with Crippen LogP contribution in [0, 0.1) is 6.92 Å². The molecule has 0 bridgehead atoms. The summed E-state index contributed by atoms with van der Waals surface area (Å²) in [5.74, 6) is 0.713. The van der Waals surface area contributed by atoms with E-state index in [4.69, 9.17) is 28.2 Å². The van der Waals surface area contributed by atoms with Crippen molar-refractivity contribution in [1.29, 1.82) is 0 Å². The number of aromatic nitrogens is 3. The molecule has 0 saturated heterocycles. The van der Waals surface area contributed by atoms with Gasteiger partial charge < -0.3 is 5.32 Å². The lowest BCUT2D eigenvalue weighted by molar-refractivity contribution is 0.820. The van der Waals surface area contributed by atoms with Gasteiger partial charge in [0.25, 0.3) is 5.56 Å². The number of nitrogens with zero attached hydrogens (tertiary/aromatic N) is 3. The SMILES string of the molecule is Cc1csc(NCCSc2nc3ccccc3c(=O)n2-c2ccc(Cl)c(Cl)c2)n1. The normalized spacial score (nSPS) is 11.1. The quantitative estimate of drug-likeness (QED) is 0.227. The van der Waals surface area contributed by atoms with Crippen LogP contribution in [0.1, 0.15) is 5.69 Å². The van der Waals surface area contributed by atoms with Crippen LogP contribution >= 0.6 is 46.3 Å². The molecule has 4 rings (SSSR count). The molecule has 9 heteroatoms. The highest BCUT2D eigenvalue weighted by Crippen LogP contribution is 2.27. The van der Waals surface area contributed by atoms with Gasteiger partial charge in [0, 0.05) is 17.7 Å². The Morgan fingerprint density at radius 2 is 1.97 bits per heavy atom. The summed E-state index contributed by atoms with van der Waals surface area (Å²) >= 11 is 15.3. The molecule has 0 aliphatic rings. The number of fused-ring (bicyclic) bond motifs is 1. The molecule has 0 aliphatic carbocycles. The summed E-state index contributed by atoms with van der Waals surface area (Å²) < 4.78 is 1.59. The van der Waals surface area contributed by atoms with Crippen molar-refractivity contribution in [3.63, 3.8) is 0 Å². The summed E-state index contributed by atoms with van der Waals surface area (Å²) in [6.07, 6.45) is 0. The van der Waals surface area contributed by atoms with Crippen molar-refractivity contribution in [2.75, 3.05) is 17.6 Å². The summed E-state index contributed by atoms with van der Waals surface area (Å²) in [5.41, 5.74) is 2.16. The van der Waals surface area contributed by atoms with Gasteiger partial charge in [-0.15, -0.1) is 11.3 Å². The van der Waals surface area contributed by atoms with Crippen molar-refractivity contribution >= 4 is 62.3 Å². The monoisotopic (exact) mass is 462 g/mol. The van der Waals surface area contributed by atoms with Gasteiger partial charge in [-0.05, 0) is 37.3 Å². The third-order valence-electron chi connectivity index (χ3n) is 4.13. The minimum atomic E-state index is -0.139. The maximum Gasteiger partial charge on any atom is 0.266 e. The number of hydrogen-bond donors (Lipinski definition) is 1. The predicted octanol–water partition coefficient (Wildman–Crippen LogP) is 5.66. The van der Waals surface area contributed by atoms with E-state index >= 15 is 0 Å². The molecule has 2 aromatic heterocycles. The minimum absolute atomic E-state index is 0.139. The molecular weight excluding hydrogens is 447 g/mol. The van der Waals surface area contributed by atoms with Gasteiger partial charge >= 0.3 is 0 Å². The molecule has 4 aromatic rings. The van der Waals surface area contributed by atoms with Crippen molar-refractivity contribution in [1.82, 2.24) is 14.5 Å². The van der Waals surface area contributed by atoms with Crippen LogP contribution in [0.5, 0.6) is 0 Å². The lowest BCUT2D eigenvalue weighted by Gasteiger charge is -2.14. The molecule has 0 spiro atoms. The highest BCUT2D eigenvalue weighted by atomic mass is 35.5. The van der Waals surface area contributed by atoms with Crippen LogP contribution in [0.3, 0.4) is 0 Å². The number of thioether (sulfide) groups is 1. The standard InChI is InChI=1S/C20H16Cl2N4OS2/c1-12-11-29-19(24-12)23-8-9-28-20-25-17-5-3-2-4-14(17)18(27)26(20)13-6-7-15(21)16(22)10-13/h2-7,10-11H,8-9H2,1H3,(H,23,24). The Bertz CT molecular complexity index is 1240.